The average molecular weight is 374 g/mol. The normalized spacial score (nSPS) is 14.8. The zero-order valence-corrected chi connectivity index (χ0v) is 15.8. The van der Waals surface area contributed by atoms with Crippen molar-refractivity contribution in [3.63, 3.8) is 0 Å². The van der Waals surface area contributed by atoms with Gasteiger partial charge in [-0.05, 0) is 42.5 Å². The summed E-state index contributed by atoms with van der Waals surface area (Å²) in [6.07, 6.45) is 10.7. The Bertz CT molecular complexity index is 1130. The second kappa shape index (κ2) is 7.07. The molecule has 3 aromatic heterocycles. The fraction of sp³-hybridized carbons (Fsp3) is 0.333. The third-order valence-electron chi connectivity index (χ3n) is 5.54. The molecule has 0 bridgehead atoms. The highest BCUT2D eigenvalue weighted by Crippen LogP contribution is 2.30. The van der Waals surface area contributed by atoms with E-state index in [4.69, 9.17) is 4.74 Å². The summed E-state index contributed by atoms with van der Waals surface area (Å²) in [5.41, 5.74) is 3.93. The predicted octanol–water partition coefficient (Wildman–Crippen LogP) is 3.95. The number of rotatable bonds is 5. The Morgan fingerprint density at radius 2 is 2.04 bits per heavy atom. The Morgan fingerprint density at radius 3 is 2.89 bits per heavy atom. The smallest absolute Gasteiger partial charge is 0.241 e. The van der Waals surface area contributed by atoms with Crippen molar-refractivity contribution in [3.05, 3.63) is 43.0 Å². The van der Waals surface area contributed by atoms with Crippen LogP contribution in [0.25, 0.3) is 27.5 Å². The molecule has 1 aliphatic carbocycles. The number of anilines is 1. The number of aromatic nitrogens is 5. The number of hydrogen-bond donors (Lipinski definition) is 1. The number of benzene rings is 1. The maximum Gasteiger partial charge on any atom is 0.241 e. The number of methoxy groups -OCH3 is 1. The highest BCUT2D eigenvalue weighted by atomic mass is 16.5. The molecule has 7 heteroatoms. The first-order chi connectivity index (χ1) is 13.8. The van der Waals surface area contributed by atoms with E-state index in [0.29, 0.717) is 11.8 Å². The van der Waals surface area contributed by atoms with Crippen LogP contribution < -0.4 is 10.1 Å². The molecule has 1 fully saturated rings. The molecule has 7 nitrogen and oxygen atoms in total. The van der Waals surface area contributed by atoms with Gasteiger partial charge >= 0.3 is 0 Å². The molecule has 0 radical (unpaired) electrons. The van der Waals surface area contributed by atoms with Gasteiger partial charge in [0.05, 0.1) is 29.7 Å². The highest BCUT2D eigenvalue weighted by molar-refractivity contribution is 5.91. The first kappa shape index (κ1) is 16.9. The van der Waals surface area contributed by atoms with Gasteiger partial charge in [0, 0.05) is 18.3 Å². The maximum atomic E-state index is 5.38. The third kappa shape index (κ3) is 3.02. The number of hydrogen-bond acceptors (Lipinski definition) is 6. The number of nitrogens with one attached hydrogen (secondary N) is 1. The lowest BCUT2D eigenvalue weighted by Crippen LogP contribution is -2.13. The summed E-state index contributed by atoms with van der Waals surface area (Å²) in [5, 5.41) is 8.90. The molecule has 0 saturated heterocycles. The molecule has 142 valence electrons. The van der Waals surface area contributed by atoms with Crippen molar-refractivity contribution >= 4 is 22.4 Å². The molecule has 0 atom stereocenters. The van der Waals surface area contributed by atoms with Crippen LogP contribution in [0.4, 0.5) is 5.95 Å². The van der Waals surface area contributed by atoms with Gasteiger partial charge in [-0.25, -0.2) is 19.5 Å². The third-order valence-corrected chi connectivity index (χ3v) is 5.54. The first-order valence-corrected chi connectivity index (χ1v) is 9.69. The maximum absolute atomic E-state index is 5.38. The van der Waals surface area contributed by atoms with E-state index in [1.807, 2.05) is 23.0 Å². The molecule has 4 aromatic rings. The Kier molecular flexibility index (Phi) is 4.27. The highest BCUT2D eigenvalue weighted by Gasteiger charge is 2.15. The monoisotopic (exact) mass is 374 g/mol. The van der Waals surface area contributed by atoms with E-state index in [9.17, 15) is 0 Å². The van der Waals surface area contributed by atoms with E-state index < -0.39 is 0 Å². The first-order valence-electron chi connectivity index (χ1n) is 9.69. The van der Waals surface area contributed by atoms with Crippen molar-refractivity contribution in [2.45, 2.75) is 25.7 Å². The van der Waals surface area contributed by atoms with Gasteiger partial charge in [0.25, 0.3) is 0 Å². The summed E-state index contributed by atoms with van der Waals surface area (Å²) < 4.78 is 7.26. The zero-order valence-electron chi connectivity index (χ0n) is 15.8. The van der Waals surface area contributed by atoms with Crippen LogP contribution in [0, 0.1) is 5.92 Å². The number of ether oxygens (including phenoxy) is 1. The van der Waals surface area contributed by atoms with E-state index in [1.54, 1.807) is 7.11 Å². The van der Waals surface area contributed by atoms with Gasteiger partial charge in [-0.2, -0.15) is 0 Å². The second-order valence-corrected chi connectivity index (χ2v) is 7.29. The summed E-state index contributed by atoms with van der Waals surface area (Å²) in [6, 6.07) is 8.14. The quantitative estimate of drug-likeness (QED) is 0.570. The van der Waals surface area contributed by atoms with E-state index in [2.05, 4.69) is 43.6 Å². The molecule has 1 saturated carbocycles. The molecule has 1 aromatic carbocycles. The van der Waals surface area contributed by atoms with Gasteiger partial charge in [0.1, 0.15) is 6.33 Å². The minimum absolute atomic E-state index is 0.574. The van der Waals surface area contributed by atoms with Crippen molar-refractivity contribution < 1.29 is 4.74 Å². The minimum atomic E-state index is 0.574. The summed E-state index contributed by atoms with van der Waals surface area (Å²) in [4.78, 5) is 13.0. The molecule has 0 amide bonds. The van der Waals surface area contributed by atoms with Crippen LogP contribution in [0.15, 0.2) is 43.0 Å². The molecule has 28 heavy (non-hydrogen) atoms. The summed E-state index contributed by atoms with van der Waals surface area (Å²) in [7, 11) is 1.62. The number of nitrogens with zero attached hydrogens (tertiary/aromatic N) is 5. The van der Waals surface area contributed by atoms with Crippen molar-refractivity contribution in [2.75, 3.05) is 19.0 Å². The Morgan fingerprint density at radius 1 is 1.14 bits per heavy atom. The van der Waals surface area contributed by atoms with E-state index in [0.717, 1.165) is 40.0 Å². The standard InChI is InChI=1S/C21H22N6O/c1-28-20-17-10-15(6-7-18(17)24-13-25-20)16-8-9-27-19(16)12-23-21(26-27)22-11-14-4-2-3-5-14/h6-10,12-14H,2-5,11H2,1H3,(H,22,26). The van der Waals surface area contributed by atoms with Crippen LogP contribution in [0.3, 0.4) is 0 Å². The van der Waals surface area contributed by atoms with Crippen LogP contribution in [-0.4, -0.2) is 38.2 Å². The molecule has 1 N–H and O–H groups in total. The fourth-order valence-electron chi connectivity index (χ4n) is 4.04. The molecule has 1 aliphatic rings. The molecular weight excluding hydrogens is 352 g/mol. The Balaban J connectivity index is 1.47. The van der Waals surface area contributed by atoms with Crippen LogP contribution in [0.5, 0.6) is 5.88 Å². The van der Waals surface area contributed by atoms with Crippen molar-refractivity contribution in [3.8, 4) is 17.0 Å². The van der Waals surface area contributed by atoms with E-state index >= 15 is 0 Å². The molecular formula is C21H22N6O. The van der Waals surface area contributed by atoms with Crippen LogP contribution in [0.2, 0.25) is 0 Å². The second-order valence-electron chi connectivity index (χ2n) is 7.29. The summed E-state index contributed by atoms with van der Waals surface area (Å²) >= 11 is 0. The van der Waals surface area contributed by atoms with E-state index in [1.165, 1.54) is 32.0 Å². The van der Waals surface area contributed by atoms with Gasteiger partial charge in [0.2, 0.25) is 11.8 Å². The van der Waals surface area contributed by atoms with Crippen molar-refractivity contribution in [1.82, 2.24) is 24.6 Å². The van der Waals surface area contributed by atoms with E-state index in [-0.39, 0.29) is 0 Å². The van der Waals surface area contributed by atoms with Crippen LogP contribution >= 0.6 is 0 Å². The van der Waals surface area contributed by atoms with Crippen molar-refractivity contribution in [1.29, 1.82) is 0 Å². The van der Waals surface area contributed by atoms with Crippen LogP contribution in [-0.2, 0) is 0 Å². The molecule has 0 aliphatic heterocycles. The van der Waals surface area contributed by atoms with Gasteiger partial charge in [-0.3, -0.25) is 0 Å². The lowest BCUT2D eigenvalue weighted by atomic mass is 10.1. The Labute approximate surface area is 162 Å². The SMILES string of the molecule is COc1ncnc2ccc(-c3ccn4nc(NCC5CCCC5)ncc34)cc12. The summed E-state index contributed by atoms with van der Waals surface area (Å²) in [5.74, 6) is 1.99. The molecule has 0 unspecified atom stereocenters. The molecule has 0 spiro atoms. The minimum Gasteiger partial charge on any atom is -0.480 e. The largest absolute Gasteiger partial charge is 0.480 e. The van der Waals surface area contributed by atoms with Crippen molar-refractivity contribution in [2.24, 2.45) is 5.92 Å². The van der Waals surface area contributed by atoms with Gasteiger partial charge in [-0.15, -0.1) is 5.10 Å². The molecule has 3 heterocycles. The van der Waals surface area contributed by atoms with Gasteiger partial charge < -0.3 is 10.1 Å². The Hall–Kier alpha value is -3.22. The van der Waals surface area contributed by atoms with Gasteiger partial charge in [0.15, 0.2) is 0 Å². The predicted molar refractivity (Wildman–Crippen MR) is 109 cm³/mol. The number of fused-ring (bicyclic) bond motifs is 2. The van der Waals surface area contributed by atoms with Gasteiger partial charge in [-0.1, -0.05) is 18.9 Å². The molecule has 5 rings (SSSR count). The lowest BCUT2D eigenvalue weighted by molar-refractivity contribution is 0.402. The lowest BCUT2D eigenvalue weighted by Gasteiger charge is -2.10. The fourth-order valence-corrected chi connectivity index (χ4v) is 4.04. The zero-order chi connectivity index (χ0) is 18.9. The van der Waals surface area contributed by atoms with Crippen LogP contribution in [0.1, 0.15) is 25.7 Å². The topological polar surface area (TPSA) is 77.2 Å². The summed E-state index contributed by atoms with van der Waals surface area (Å²) in [6.45, 7) is 0.949. The average Bonchev–Trinajstić information content (AvgIpc) is 3.41.